The SMILES string of the molecule is CC(NCc1ccc(Br)o1)c1ccc(F)cc1. The van der Waals surface area contributed by atoms with Crippen molar-refractivity contribution in [1.82, 2.24) is 5.32 Å². The fraction of sp³-hybridized carbons (Fsp3) is 0.231. The third kappa shape index (κ3) is 3.41. The van der Waals surface area contributed by atoms with E-state index in [2.05, 4.69) is 21.2 Å². The molecule has 2 aromatic rings. The van der Waals surface area contributed by atoms with Gasteiger partial charge in [0.05, 0.1) is 6.54 Å². The van der Waals surface area contributed by atoms with Crippen molar-refractivity contribution in [1.29, 1.82) is 0 Å². The van der Waals surface area contributed by atoms with E-state index >= 15 is 0 Å². The Hall–Kier alpha value is -1.13. The van der Waals surface area contributed by atoms with Crippen molar-refractivity contribution >= 4 is 15.9 Å². The smallest absolute Gasteiger partial charge is 0.169 e. The first kappa shape index (κ1) is 12.3. The van der Waals surface area contributed by atoms with Gasteiger partial charge in [-0.3, -0.25) is 0 Å². The monoisotopic (exact) mass is 297 g/mol. The Balaban J connectivity index is 1.93. The molecule has 1 aromatic heterocycles. The lowest BCUT2D eigenvalue weighted by Gasteiger charge is -2.13. The summed E-state index contributed by atoms with van der Waals surface area (Å²) in [5, 5.41) is 3.31. The summed E-state index contributed by atoms with van der Waals surface area (Å²) >= 11 is 3.26. The minimum atomic E-state index is -0.212. The Labute approximate surface area is 108 Å². The molecule has 0 aliphatic carbocycles. The van der Waals surface area contributed by atoms with Gasteiger partial charge in [-0.05, 0) is 52.7 Å². The number of furan rings is 1. The molecule has 0 aliphatic rings. The summed E-state index contributed by atoms with van der Waals surface area (Å²) in [5.74, 6) is 0.654. The maximum atomic E-state index is 12.8. The molecule has 1 N–H and O–H groups in total. The van der Waals surface area contributed by atoms with Crippen LogP contribution in [-0.4, -0.2) is 0 Å². The van der Waals surface area contributed by atoms with Crippen LogP contribution >= 0.6 is 15.9 Å². The van der Waals surface area contributed by atoms with Gasteiger partial charge in [0.2, 0.25) is 0 Å². The molecule has 0 radical (unpaired) electrons. The van der Waals surface area contributed by atoms with E-state index in [9.17, 15) is 4.39 Å². The molecule has 0 saturated heterocycles. The maximum Gasteiger partial charge on any atom is 0.169 e. The van der Waals surface area contributed by atoms with Crippen LogP contribution in [0.3, 0.4) is 0 Å². The molecule has 0 bridgehead atoms. The van der Waals surface area contributed by atoms with Crippen LogP contribution in [0.4, 0.5) is 4.39 Å². The van der Waals surface area contributed by atoms with E-state index in [4.69, 9.17) is 4.42 Å². The number of nitrogens with one attached hydrogen (secondary N) is 1. The van der Waals surface area contributed by atoms with Crippen LogP contribution in [0.1, 0.15) is 24.3 Å². The van der Waals surface area contributed by atoms with E-state index < -0.39 is 0 Å². The number of halogens is 2. The lowest BCUT2D eigenvalue weighted by molar-refractivity contribution is 0.446. The number of rotatable bonds is 4. The molecule has 17 heavy (non-hydrogen) atoms. The molecule has 2 nitrogen and oxygen atoms in total. The average molecular weight is 298 g/mol. The van der Waals surface area contributed by atoms with Gasteiger partial charge in [-0.1, -0.05) is 12.1 Å². The van der Waals surface area contributed by atoms with Crippen molar-refractivity contribution in [2.75, 3.05) is 0 Å². The van der Waals surface area contributed by atoms with Crippen LogP contribution in [0.15, 0.2) is 45.5 Å². The lowest BCUT2D eigenvalue weighted by Crippen LogP contribution is -2.17. The second-order valence-electron chi connectivity index (χ2n) is 3.86. The molecule has 1 atom stereocenters. The highest BCUT2D eigenvalue weighted by molar-refractivity contribution is 9.10. The summed E-state index contributed by atoms with van der Waals surface area (Å²) < 4.78 is 18.9. The third-order valence-electron chi connectivity index (χ3n) is 2.58. The van der Waals surface area contributed by atoms with Crippen LogP contribution in [0, 0.1) is 5.82 Å². The van der Waals surface area contributed by atoms with Crippen LogP contribution in [0.2, 0.25) is 0 Å². The van der Waals surface area contributed by atoms with Gasteiger partial charge in [-0.2, -0.15) is 0 Å². The molecular formula is C13H13BrFNO. The van der Waals surface area contributed by atoms with Gasteiger partial charge in [0.1, 0.15) is 11.6 Å². The van der Waals surface area contributed by atoms with Crippen molar-refractivity contribution in [2.45, 2.75) is 19.5 Å². The zero-order chi connectivity index (χ0) is 12.3. The summed E-state index contributed by atoms with van der Waals surface area (Å²) in [6.07, 6.45) is 0. The minimum Gasteiger partial charge on any atom is -0.453 e. The first-order chi connectivity index (χ1) is 8.15. The van der Waals surface area contributed by atoms with Gasteiger partial charge >= 0.3 is 0 Å². The fourth-order valence-electron chi connectivity index (χ4n) is 1.57. The maximum absolute atomic E-state index is 12.8. The normalized spacial score (nSPS) is 12.6. The van der Waals surface area contributed by atoms with Gasteiger partial charge < -0.3 is 9.73 Å². The predicted octanol–water partition coefficient (Wildman–Crippen LogP) is 4.03. The standard InChI is InChI=1S/C13H13BrFNO/c1-9(10-2-4-11(15)5-3-10)16-8-12-6-7-13(14)17-12/h2-7,9,16H,8H2,1H3. The van der Waals surface area contributed by atoms with E-state index in [1.54, 1.807) is 12.1 Å². The summed E-state index contributed by atoms with van der Waals surface area (Å²) in [6, 6.07) is 10.4. The van der Waals surface area contributed by atoms with Gasteiger partial charge in [0, 0.05) is 6.04 Å². The lowest BCUT2D eigenvalue weighted by atomic mass is 10.1. The number of hydrogen-bond acceptors (Lipinski definition) is 2. The van der Waals surface area contributed by atoms with Crippen molar-refractivity contribution in [3.63, 3.8) is 0 Å². The van der Waals surface area contributed by atoms with Crippen molar-refractivity contribution in [2.24, 2.45) is 0 Å². The Morgan fingerprint density at radius 1 is 1.24 bits per heavy atom. The highest BCUT2D eigenvalue weighted by Crippen LogP contribution is 2.16. The second kappa shape index (κ2) is 5.47. The average Bonchev–Trinajstić information content (AvgIpc) is 2.73. The quantitative estimate of drug-likeness (QED) is 0.922. The largest absolute Gasteiger partial charge is 0.453 e. The van der Waals surface area contributed by atoms with E-state index in [1.807, 2.05) is 19.1 Å². The zero-order valence-corrected chi connectivity index (χ0v) is 11.0. The molecule has 0 aliphatic heterocycles. The van der Waals surface area contributed by atoms with Crippen LogP contribution in [0.5, 0.6) is 0 Å². The Morgan fingerprint density at radius 3 is 2.53 bits per heavy atom. The molecule has 90 valence electrons. The molecule has 4 heteroatoms. The highest BCUT2D eigenvalue weighted by atomic mass is 79.9. The minimum absolute atomic E-state index is 0.152. The van der Waals surface area contributed by atoms with Gasteiger partial charge in [0.25, 0.3) is 0 Å². The molecule has 0 spiro atoms. The topological polar surface area (TPSA) is 25.2 Å². The molecule has 0 fully saturated rings. The van der Waals surface area contributed by atoms with Crippen LogP contribution in [-0.2, 0) is 6.54 Å². The summed E-state index contributed by atoms with van der Waals surface area (Å²) in [4.78, 5) is 0. The summed E-state index contributed by atoms with van der Waals surface area (Å²) in [6.45, 7) is 2.68. The van der Waals surface area contributed by atoms with Crippen LogP contribution in [0.25, 0.3) is 0 Å². The Kier molecular flexibility index (Phi) is 3.97. The Morgan fingerprint density at radius 2 is 1.94 bits per heavy atom. The molecule has 0 amide bonds. The van der Waals surface area contributed by atoms with Crippen molar-refractivity contribution in [3.8, 4) is 0 Å². The summed E-state index contributed by atoms with van der Waals surface area (Å²) in [7, 11) is 0. The Bertz CT molecular complexity index is 480. The van der Waals surface area contributed by atoms with Crippen molar-refractivity contribution in [3.05, 3.63) is 58.2 Å². The second-order valence-corrected chi connectivity index (χ2v) is 4.64. The fourth-order valence-corrected chi connectivity index (χ4v) is 1.91. The zero-order valence-electron chi connectivity index (χ0n) is 9.41. The van der Waals surface area contributed by atoms with E-state index in [1.165, 1.54) is 12.1 Å². The molecular weight excluding hydrogens is 285 g/mol. The van der Waals surface area contributed by atoms with Gasteiger partial charge in [-0.25, -0.2) is 4.39 Å². The third-order valence-corrected chi connectivity index (χ3v) is 3.01. The molecule has 0 saturated carbocycles. The molecule has 1 heterocycles. The number of hydrogen-bond donors (Lipinski definition) is 1. The first-order valence-electron chi connectivity index (χ1n) is 5.38. The number of benzene rings is 1. The van der Waals surface area contributed by atoms with E-state index in [-0.39, 0.29) is 11.9 Å². The molecule has 2 rings (SSSR count). The van der Waals surface area contributed by atoms with Gasteiger partial charge in [-0.15, -0.1) is 0 Å². The first-order valence-corrected chi connectivity index (χ1v) is 6.17. The van der Waals surface area contributed by atoms with E-state index in [0.29, 0.717) is 6.54 Å². The predicted molar refractivity (Wildman–Crippen MR) is 68.1 cm³/mol. The summed E-state index contributed by atoms with van der Waals surface area (Å²) in [5.41, 5.74) is 1.05. The highest BCUT2D eigenvalue weighted by Gasteiger charge is 2.06. The molecule has 1 unspecified atom stereocenters. The van der Waals surface area contributed by atoms with Gasteiger partial charge in [0.15, 0.2) is 4.67 Å². The van der Waals surface area contributed by atoms with E-state index in [0.717, 1.165) is 16.0 Å². The van der Waals surface area contributed by atoms with Crippen LogP contribution < -0.4 is 5.32 Å². The van der Waals surface area contributed by atoms with Crippen molar-refractivity contribution < 1.29 is 8.81 Å². The molecule has 1 aromatic carbocycles.